The molecule has 0 bridgehead atoms. The molecule has 0 saturated carbocycles. The van der Waals surface area contributed by atoms with Crippen LogP contribution in [-0.2, 0) is 28.6 Å². The fourth-order valence-corrected chi connectivity index (χ4v) is 9.32. The molecule has 0 heterocycles. The number of carbonyl (C=O) groups is 3. The van der Waals surface area contributed by atoms with Crippen LogP contribution < -0.4 is 0 Å². The smallest absolute Gasteiger partial charge is 0.306 e. The molecule has 0 rings (SSSR count). The molecule has 0 aliphatic carbocycles. The molecule has 67 heavy (non-hydrogen) atoms. The quantitative estimate of drug-likeness (QED) is 0.0343. The number of unbranched alkanes of at least 4 members (excludes halogenated alkanes) is 36. The molecule has 0 aliphatic heterocycles. The summed E-state index contributed by atoms with van der Waals surface area (Å²) in [6.07, 6.45) is 55.3. The van der Waals surface area contributed by atoms with Crippen LogP contribution >= 0.6 is 0 Å². The molecule has 0 saturated heterocycles. The van der Waals surface area contributed by atoms with Gasteiger partial charge in [0.05, 0.1) is 0 Å². The van der Waals surface area contributed by atoms with E-state index in [-0.39, 0.29) is 31.1 Å². The molecule has 398 valence electrons. The maximum absolute atomic E-state index is 12.9. The van der Waals surface area contributed by atoms with Crippen LogP contribution in [0.4, 0.5) is 0 Å². The van der Waals surface area contributed by atoms with Gasteiger partial charge in [0.15, 0.2) is 6.10 Å². The van der Waals surface area contributed by atoms with Crippen molar-refractivity contribution in [3.8, 4) is 0 Å². The topological polar surface area (TPSA) is 78.9 Å². The summed E-state index contributed by atoms with van der Waals surface area (Å²) < 4.78 is 16.9. The highest BCUT2D eigenvalue weighted by atomic mass is 16.6. The van der Waals surface area contributed by atoms with Gasteiger partial charge >= 0.3 is 17.9 Å². The molecule has 0 fully saturated rings. The largest absolute Gasteiger partial charge is 0.462 e. The normalized spacial score (nSPS) is 12.5. The van der Waals surface area contributed by atoms with E-state index < -0.39 is 6.10 Å². The zero-order valence-corrected chi connectivity index (χ0v) is 46.2. The first-order chi connectivity index (χ1) is 32.6. The van der Waals surface area contributed by atoms with Gasteiger partial charge in [0, 0.05) is 19.3 Å². The standard InChI is InChI=1S/C61H118O6/c1-7-57(6)49-43-37-31-25-21-17-14-15-18-22-26-32-38-44-50-59(62)65-53-58(54-66-60(63)51-45-39-34-28-30-36-42-48-56(4)5)67-61(64)52-46-40-33-27-23-19-13-11-9-8-10-12-16-20-24-29-35-41-47-55(2)3/h55-58H,7-54H2,1-6H3/t57?,58-/m1/s1. The molecule has 2 atom stereocenters. The number of ether oxygens (including phenoxy) is 3. The summed E-state index contributed by atoms with van der Waals surface area (Å²) in [5.41, 5.74) is 0. The van der Waals surface area contributed by atoms with Crippen LogP contribution in [-0.4, -0.2) is 37.2 Å². The molecule has 6 heteroatoms. The third-order valence-corrected chi connectivity index (χ3v) is 14.3. The maximum atomic E-state index is 12.9. The van der Waals surface area contributed by atoms with Crippen molar-refractivity contribution in [1.82, 2.24) is 0 Å². The molecule has 0 aromatic rings. The van der Waals surface area contributed by atoms with Crippen molar-refractivity contribution < 1.29 is 28.6 Å². The molecule has 1 unspecified atom stereocenters. The van der Waals surface area contributed by atoms with E-state index in [2.05, 4.69) is 41.5 Å². The number of carbonyl (C=O) groups excluding carboxylic acids is 3. The first kappa shape index (κ1) is 65.4. The first-order valence-electron chi connectivity index (χ1n) is 30.1. The molecule has 0 N–H and O–H groups in total. The fraction of sp³-hybridized carbons (Fsp3) is 0.951. The summed E-state index contributed by atoms with van der Waals surface area (Å²) in [5, 5.41) is 0. The minimum Gasteiger partial charge on any atom is -0.462 e. The third kappa shape index (κ3) is 53.6. The molecule has 0 radical (unpaired) electrons. The summed E-state index contributed by atoms with van der Waals surface area (Å²) in [6.45, 7) is 13.8. The van der Waals surface area contributed by atoms with E-state index in [9.17, 15) is 14.4 Å². The first-order valence-corrected chi connectivity index (χ1v) is 30.1. The van der Waals surface area contributed by atoms with Crippen molar-refractivity contribution in [2.75, 3.05) is 13.2 Å². The monoisotopic (exact) mass is 947 g/mol. The average molecular weight is 948 g/mol. The second-order valence-corrected chi connectivity index (χ2v) is 22.2. The van der Waals surface area contributed by atoms with Gasteiger partial charge in [-0.2, -0.15) is 0 Å². The lowest BCUT2D eigenvalue weighted by Crippen LogP contribution is -2.30. The van der Waals surface area contributed by atoms with Crippen LogP contribution in [0, 0.1) is 17.8 Å². The highest BCUT2D eigenvalue weighted by Gasteiger charge is 2.19. The van der Waals surface area contributed by atoms with Crippen molar-refractivity contribution in [3.63, 3.8) is 0 Å². The predicted molar refractivity (Wildman–Crippen MR) is 289 cm³/mol. The van der Waals surface area contributed by atoms with Gasteiger partial charge in [-0.15, -0.1) is 0 Å². The highest BCUT2D eigenvalue weighted by Crippen LogP contribution is 2.19. The molecule has 0 spiro atoms. The molecule has 0 aliphatic rings. The minimum atomic E-state index is -0.764. The van der Waals surface area contributed by atoms with Crippen LogP contribution in [0.5, 0.6) is 0 Å². The lowest BCUT2D eigenvalue weighted by Gasteiger charge is -2.18. The number of esters is 3. The molecular weight excluding hydrogens is 829 g/mol. The van der Waals surface area contributed by atoms with E-state index in [1.807, 2.05) is 0 Å². The van der Waals surface area contributed by atoms with Crippen LogP contribution in [0.3, 0.4) is 0 Å². The van der Waals surface area contributed by atoms with Crippen molar-refractivity contribution >= 4 is 17.9 Å². The Kier molecular flexibility index (Phi) is 51.0. The Hall–Kier alpha value is -1.59. The average Bonchev–Trinajstić information content (AvgIpc) is 3.30. The number of hydrogen-bond donors (Lipinski definition) is 0. The summed E-state index contributed by atoms with van der Waals surface area (Å²) in [6, 6.07) is 0. The number of hydrogen-bond acceptors (Lipinski definition) is 6. The number of rotatable bonds is 54. The fourth-order valence-electron chi connectivity index (χ4n) is 9.32. The molecule has 0 aromatic heterocycles. The van der Waals surface area contributed by atoms with E-state index in [0.717, 1.165) is 75.5 Å². The molecular formula is C61H118O6. The van der Waals surface area contributed by atoms with E-state index in [0.29, 0.717) is 19.3 Å². The van der Waals surface area contributed by atoms with E-state index in [1.165, 1.54) is 218 Å². The van der Waals surface area contributed by atoms with Gasteiger partial charge in [-0.25, -0.2) is 0 Å². The van der Waals surface area contributed by atoms with Crippen molar-refractivity contribution in [2.24, 2.45) is 17.8 Å². The van der Waals surface area contributed by atoms with Gasteiger partial charge < -0.3 is 14.2 Å². The zero-order chi connectivity index (χ0) is 49.1. The van der Waals surface area contributed by atoms with Gasteiger partial charge in [-0.3, -0.25) is 14.4 Å². The Labute approximate surface area is 418 Å². The van der Waals surface area contributed by atoms with Crippen LogP contribution in [0.1, 0.15) is 337 Å². The summed E-state index contributed by atoms with van der Waals surface area (Å²) in [5.74, 6) is 1.69. The van der Waals surface area contributed by atoms with E-state index in [4.69, 9.17) is 14.2 Å². The van der Waals surface area contributed by atoms with Gasteiger partial charge in [0.2, 0.25) is 0 Å². The van der Waals surface area contributed by atoms with E-state index in [1.54, 1.807) is 0 Å². The molecule has 6 nitrogen and oxygen atoms in total. The van der Waals surface area contributed by atoms with Crippen LogP contribution in [0.2, 0.25) is 0 Å². The van der Waals surface area contributed by atoms with Crippen LogP contribution in [0.25, 0.3) is 0 Å². The highest BCUT2D eigenvalue weighted by molar-refractivity contribution is 5.71. The Morgan fingerprint density at radius 2 is 0.522 bits per heavy atom. The molecule has 0 aromatic carbocycles. The summed E-state index contributed by atoms with van der Waals surface area (Å²) in [4.78, 5) is 38.1. The summed E-state index contributed by atoms with van der Waals surface area (Å²) in [7, 11) is 0. The van der Waals surface area contributed by atoms with Gasteiger partial charge in [0.1, 0.15) is 13.2 Å². The summed E-state index contributed by atoms with van der Waals surface area (Å²) >= 11 is 0. The van der Waals surface area contributed by atoms with Crippen LogP contribution in [0.15, 0.2) is 0 Å². The second-order valence-electron chi connectivity index (χ2n) is 22.2. The van der Waals surface area contributed by atoms with Crippen molar-refractivity contribution in [3.05, 3.63) is 0 Å². The Bertz CT molecular complexity index is 1040. The lowest BCUT2D eigenvalue weighted by atomic mass is 9.99. The van der Waals surface area contributed by atoms with Crippen molar-refractivity contribution in [1.29, 1.82) is 0 Å². The van der Waals surface area contributed by atoms with E-state index >= 15 is 0 Å². The SMILES string of the molecule is CCC(C)CCCCCCCCCCCCCCCCC(=O)OC[C@H](COC(=O)CCCCCCCCCC(C)C)OC(=O)CCCCCCCCCCCCCCCCCCCCC(C)C. The lowest BCUT2D eigenvalue weighted by molar-refractivity contribution is -0.167. The zero-order valence-electron chi connectivity index (χ0n) is 46.2. The Balaban J connectivity index is 4.22. The Morgan fingerprint density at radius 1 is 0.299 bits per heavy atom. The third-order valence-electron chi connectivity index (χ3n) is 14.3. The maximum Gasteiger partial charge on any atom is 0.306 e. The Morgan fingerprint density at radius 3 is 0.776 bits per heavy atom. The molecule has 0 amide bonds. The second kappa shape index (κ2) is 52.2. The predicted octanol–water partition coefficient (Wildman–Crippen LogP) is 19.9. The van der Waals surface area contributed by atoms with Gasteiger partial charge in [-0.05, 0) is 37.0 Å². The minimum absolute atomic E-state index is 0.0638. The van der Waals surface area contributed by atoms with Crippen molar-refractivity contribution in [2.45, 2.75) is 343 Å². The van der Waals surface area contributed by atoms with Gasteiger partial charge in [0.25, 0.3) is 0 Å². The van der Waals surface area contributed by atoms with Gasteiger partial charge in [-0.1, -0.05) is 298 Å².